The third kappa shape index (κ3) is 18.2. The molecule has 24 heavy (non-hydrogen) atoms. The average molecular weight is 342 g/mol. The van der Waals surface area contributed by atoms with Crippen LogP contribution in [0.15, 0.2) is 0 Å². The second-order valence-electron chi connectivity index (χ2n) is 7.18. The van der Waals surface area contributed by atoms with Gasteiger partial charge in [-0.25, -0.2) is 0 Å². The molecule has 144 valence electrons. The molecule has 0 N–H and O–H groups in total. The monoisotopic (exact) mass is 341 g/mol. The van der Waals surface area contributed by atoms with Crippen molar-refractivity contribution >= 4 is 0 Å². The maximum atomic E-state index is 9.12. The molecule has 0 rings (SSSR count). The third-order valence-electron chi connectivity index (χ3n) is 4.66. The molecule has 0 saturated heterocycles. The lowest BCUT2D eigenvalue weighted by molar-refractivity contribution is 0.0585. The van der Waals surface area contributed by atoms with Gasteiger partial charge >= 0.3 is 0 Å². The minimum absolute atomic E-state index is 0.127. The van der Waals surface area contributed by atoms with Gasteiger partial charge in [-0.1, -0.05) is 90.4 Å². The molecule has 0 fully saturated rings. The second kappa shape index (κ2) is 20.9. The summed E-state index contributed by atoms with van der Waals surface area (Å²) in [5, 5.41) is 0. The van der Waals surface area contributed by atoms with E-state index in [9.17, 15) is 0 Å². The molecule has 0 aliphatic rings. The highest BCUT2D eigenvalue weighted by atomic mass is 16.5. The first kappa shape index (κ1) is 23.9. The maximum Gasteiger partial charge on any atom is 0.0529 e. The molecule has 2 radical (unpaired) electrons. The molecule has 0 aliphatic carbocycles. The van der Waals surface area contributed by atoms with Crippen molar-refractivity contribution in [3.63, 3.8) is 0 Å². The van der Waals surface area contributed by atoms with Crippen LogP contribution in [0, 0.1) is 5.92 Å². The first-order valence-corrected chi connectivity index (χ1v) is 10.5. The average Bonchev–Trinajstić information content (AvgIpc) is 2.60. The van der Waals surface area contributed by atoms with Crippen molar-refractivity contribution in [1.82, 2.24) is 5.73 Å². The zero-order valence-electron chi connectivity index (χ0n) is 16.6. The molecule has 1 unspecified atom stereocenters. The van der Waals surface area contributed by atoms with E-state index < -0.39 is 0 Å². The lowest BCUT2D eigenvalue weighted by Gasteiger charge is -2.12. The Morgan fingerprint density at radius 2 is 1.12 bits per heavy atom. The SMILES string of the molecule is CCCCCCCCCCCCCCCCOCC(C[N])COC. The molecule has 0 heterocycles. The summed E-state index contributed by atoms with van der Waals surface area (Å²) in [6.07, 6.45) is 19.3. The van der Waals surface area contributed by atoms with E-state index in [1.165, 1.54) is 83.5 Å². The Hall–Kier alpha value is -0.120. The van der Waals surface area contributed by atoms with E-state index in [4.69, 9.17) is 15.2 Å². The maximum absolute atomic E-state index is 9.12. The standard InChI is InChI=1S/C21H43NO2/c1-3-4-5-6-7-8-9-10-11-12-13-14-15-16-17-24-20-21(18-22)19-23-2/h21H,3-20H2,1-2H3. The Kier molecular flexibility index (Phi) is 20.8. The number of methoxy groups -OCH3 is 1. The van der Waals surface area contributed by atoms with E-state index in [0.717, 1.165) is 13.0 Å². The van der Waals surface area contributed by atoms with Gasteiger partial charge in [-0.15, -0.1) is 5.73 Å². The van der Waals surface area contributed by atoms with E-state index in [2.05, 4.69) is 6.92 Å². The van der Waals surface area contributed by atoms with Gasteiger partial charge in [0.25, 0.3) is 0 Å². The van der Waals surface area contributed by atoms with Crippen molar-refractivity contribution in [2.24, 2.45) is 5.92 Å². The third-order valence-corrected chi connectivity index (χ3v) is 4.66. The molecule has 0 aromatic heterocycles. The van der Waals surface area contributed by atoms with E-state index in [1.54, 1.807) is 7.11 Å². The van der Waals surface area contributed by atoms with Crippen molar-refractivity contribution in [3.8, 4) is 0 Å². The van der Waals surface area contributed by atoms with Gasteiger partial charge in [0.15, 0.2) is 0 Å². The lowest BCUT2D eigenvalue weighted by atomic mass is 10.0. The summed E-state index contributed by atoms with van der Waals surface area (Å²) >= 11 is 0. The summed E-state index contributed by atoms with van der Waals surface area (Å²) < 4.78 is 10.6. The number of ether oxygens (including phenoxy) is 2. The highest BCUT2D eigenvalue weighted by Crippen LogP contribution is 2.13. The van der Waals surface area contributed by atoms with Gasteiger partial charge in [-0.3, -0.25) is 0 Å². The second-order valence-corrected chi connectivity index (χ2v) is 7.18. The van der Waals surface area contributed by atoms with Crippen LogP contribution < -0.4 is 5.73 Å². The van der Waals surface area contributed by atoms with Crippen LogP contribution in [0.3, 0.4) is 0 Å². The van der Waals surface area contributed by atoms with Crippen LogP contribution in [-0.2, 0) is 9.47 Å². The summed E-state index contributed by atoms with van der Waals surface area (Å²) in [6, 6.07) is 0. The van der Waals surface area contributed by atoms with Crippen LogP contribution >= 0.6 is 0 Å². The van der Waals surface area contributed by atoms with E-state index in [1.807, 2.05) is 0 Å². The van der Waals surface area contributed by atoms with E-state index >= 15 is 0 Å². The molecule has 0 aliphatic heterocycles. The fourth-order valence-electron chi connectivity index (χ4n) is 3.04. The molecule has 0 amide bonds. The molecule has 0 aromatic carbocycles. The fourth-order valence-corrected chi connectivity index (χ4v) is 3.04. The van der Waals surface area contributed by atoms with Gasteiger partial charge in [0, 0.05) is 26.2 Å². The smallest absolute Gasteiger partial charge is 0.0529 e. The molecular formula is C21H43NO2. The predicted octanol–water partition coefficient (Wildman–Crippen LogP) is 5.82. The predicted molar refractivity (Wildman–Crippen MR) is 103 cm³/mol. The molecule has 3 nitrogen and oxygen atoms in total. The van der Waals surface area contributed by atoms with Gasteiger partial charge in [-0.05, 0) is 6.42 Å². The van der Waals surface area contributed by atoms with E-state index in [0.29, 0.717) is 13.2 Å². The molecule has 0 bridgehead atoms. The van der Waals surface area contributed by atoms with Crippen LogP contribution in [0.4, 0.5) is 0 Å². The number of hydrogen-bond acceptors (Lipinski definition) is 2. The van der Waals surface area contributed by atoms with Crippen LogP contribution in [0.5, 0.6) is 0 Å². The number of unbranched alkanes of at least 4 members (excludes halogenated alkanes) is 13. The topological polar surface area (TPSA) is 40.8 Å². The van der Waals surface area contributed by atoms with Crippen LogP contribution in [-0.4, -0.2) is 33.5 Å². The first-order valence-electron chi connectivity index (χ1n) is 10.5. The van der Waals surface area contributed by atoms with Crippen molar-refractivity contribution in [3.05, 3.63) is 0 Å². The lowest BCUT2D eigenvalue weighted by Crippen LogP contribution is -2.20. The van der Waals surface area contributed by atoms with Gasteiger partial charge in [0.1, 0.15) is 0 Å². The Balaban J connectivity index is 3.07. The zero-order valence-corrected chi connectivity index (χ0v) is 16.6. The zero-order chi connectivity index (χ0) is 17.7. The molecular weight excluding hydrogens is 298 g/mol. The quantitative estimate of drug-likeness (QED) is 0.262. The number of nitrogens with zero attached hydrogens (tertiary/aromatic N) is 1. The number of hydrogen-bond donors (Lipinski definition) is 0. The summed E-state index contributed by atoms with van der Waals surface area (Å²) in [5.41, 5.74) is 9.12. The van der Waals surface area contributed by atoms with Gasteiger partial charge in [0.2, 0.25) is 0 Å². The van der Waals surface area contributed by atoms with Gasteiger partial charge in [0.05, 0.1) is 13.2 Å². The Labute approximate surface area is 152 Å². The van der Waals surface area contributed by atoms with Crippen LogP contribution in [0.2, 0.25) is 0 Å². The molecule has 0 saturated carbocycles. The highest BCUT2D eigenvalue weighted by molar-refractivity contribution is 4.56. The molecule has 0 spiro atoms. The number of rotatable bonds is 20. The van der Waals surface area contributed by atoms with Crippen molar-refractivity contribution in [2.45, 2.75) is 96.8 Å². The first-order chi connectivity index (χ1) is 11.8. The fraction of sp³-hybridized carbons (Fsp3) is 1.00. The highest BCUT2D eigenvalue weighted by Gasteiger charge is 2.06. The van der Waals surface area contributed by atoms with Crippen molar-refractivity contribution < 1.29 is 9.47 Å². The summed E-state index contributed by atoms with van der Waals surface area (Å²) in [5.74, 6) is 0.127. The Morgan fingerprint density at radius 1 is 0.667 bits per heavy atom. The molecule has 1 atom stereocenters. The Morgan fingerprint density at radius 3 is 1.54 bits per heavy atom. The van der Waals surface area contributed by atoms with Gasteiger partial charge in [-0.2, -0.15) is 0 Å². The minimum atomic E-state index is 0.127. The van der Waals surface area contributed by atoms with E-state index in [-0.39, 0.29) is 12.5 Å². The van der Waals surface area contributed by atoms with Crippen LogP contribution in [0.25, 0.3) is 0 Å². The van der Waals surface area contributed by atoms with Crippen LogP contribution in [0.1, 0.15) is 96.8 Å². The van der Waals surface area contributed by atoms with Crippen molar-refractivity contribution in [1.29, 1.82) is 0 Å². The minimum Gasteiger partial charge on any atom is -0.384 e. The summed E-state index contributed by atoms with van der Waals surface area (Å²) in [4.78, 5) is 0. The normalized spacial score (nSPS) is 12.6. The summed E-state index contributed by atoms with van der Waals surface area (Å²) in [6.45, 7) is 4.44. The molecule has 3 heteroatoms. The summed E-state index contributed by atoms with van der Waals surface area (Å²) in [7, 11) is 1.66. The largest absolute Gasteiger partial charge is 0.384 e. The Bertz CT molecular complexity index is 224. The van der Waals surface area contributed by atoms with Crippen molar-refractivity contribution in [2.75, 3.05) is 33.5 Å². The van der Waals surface area contributed by atoms with Gasteiger partial charge < -0.3 is 9.47 Å². The molecule has 0 aromatic rings.